The summed E-state index contributed by atoms with van der Waals surface area (Å²) in [5, 5.41) is 0.247. The first kappa shape index (κ1) is 37.1. The van der Waals surface area contributed by atoms with Crippen LogP contribution in [0, 0.1) is 5.82 Å². The molecule has 0 aromatic heterocycles. The summed E-state index contributed by atoms with van der Waals surface area (Å²) >= 11 is 44.7. The van der Waals surface area contributed by atoms with Gasteiger partial charge in [0.05, 0.1) is 6.42 Å². The summed E-state index contributed by atoms with van der Waals surface area (Å²) in [6.45, 7) is 6.38. The van der Waals surface area contributed by atoms with E-state index in [9.17, 15) is 9.18 Å². The van der Waals surface area contributed by atoms with Gasteiger partial charge in [0.2, 0.25) is 13.5 Å². The first-order chi connectivity index (χ1) is 21.8. The fourth-order valence-electron chi connectivity index (χ4n) is 7.57. The molecule has 254 valence electrons. The highest BCUT2D eigenvalue weighted by Crippen LogP contribution is 2.50. The average molecular weight is 775 g/mol. The van der Waals surface area contributed by atoms with Crippen LogP contribution in [-0.4, -0.2) is 72.5 Å². The Balaban J connectivity index is 1.43. The zero-order valence-corrected chi connectivity index (χ0v) is 31.1. The lowest BCUT2D eigenvalue weighted by Crippen LogP contribution is -2.48. The molecule has 1 amide bonds. The second kappa shape index (κ2) is 15.8. The molecule has 4 nitrogen and oxygen atoms in total. The van der Waals surface area contributed by atoms with E-state index in [2.05, 4.69) is 9.80 Å². The minimum absolute atomic E-state index is 0.114. The molecule has 0 bridgehead atoms. The summed E-state index contributed by atoms with van der Waals surface area (Å²) in [5.74, 6) is -0.648. The van der Waals surface area contributed by atoms with Gasteiger partial charge < -0.3 is 14.7 Å². The standard InChI is InChI=1S/C34H41Cl7FN3O/c35-29-7-6-8-30(42)26(29)22-31(46)45-17-5-2-13-32(23-45,24-9-10-27(33(36,37)38)28(21-24)34(39,40)41)14-20-43-18-11-25(12-19-43)44-15-3-1-4-16-44/h6-10,21,25H,1-5,11-20,22-23H2/t32-/m1/s1. The Morgan fingerprint density at radius 1 is 0.848 bits per heavy atom. The van der Waals surface area contributed by atoms with Gasteiger partial charge >= 0.3 is 0 Å². The van der Waals surface area contributed by atoms with Crippen LogP contribution in [0.1, 0.15) is 80.0 Å². The van der Waals surface area contributed by atoms with Crippen molar-refractivity contribution in [1.29, 1.82) is 0 Å². The van der Waals surface area contributed by atoms with Crippen molar-refractivity contribution in [2.45, 2.75) is 83.3 Å². The van der Waals surface area contributed by atoms with Crippen LogP contribution in [0.15, 0.2) is 36.4 Å². The molecule has 0 unspecified atom stereocenters. The number of likely N-dealkylation sites (tertiary alicyclic amines) is 3. The number of piperidine rings is 2. The first-order valence-electron chi connectivity index (χ1n) is 16.2. The van der Waals surface area contributed by atoms with Crippen molar-refractivity contribution in [3.8, 4) is 0 Å². The zero-order chi connectivity index (χ0) is 33.1. The van der Waals surface area contributed by atoms with E-state index in [0.717, 1.165) is 63.7 Å². The van der Waals surface area contributed by atoms with Gasteiger partial charge in [-0.1, -0.05) is 118 Å². The molecule has 46 heavy (non-hydrogen) atoms. The summed E-state index contributed by atoms with van der Waals surface area (Å²) in [5.41, 5.74) is 1.28. The van der Waals surface area contributed by atoms with Crippen LogP contribution in [0.3, 0.4) is 0 Å². The van der Waals surface area contributed by atoms with Crippen molar-refractivity contribution in [2.24, 2.45) is 0 Å². The second-order valence-corrected chi connectivity index (χ2v) is 18.1. The van der Waals surface area contributed by atoms with Crippen molar-refractivity contribution >= 4 is 87.1 Å². The van der Waals surface area contributed by atoms with Gasteiger partial charge in [0.25, 0.3) is 0 Å². The molecule has 3 fully saturated rings. The van der Waals surface area contributed by atoms with Crippen LogP contribution in [0.2, 0.25) is 5.02 Å². The Labute approximate surface area is 307 Å². The van der Waals surface area contributed by atoms with Crippen molar-refractivity contribution in [3.63, 3.8) is 0 Å². The number of carbonyl (C=O) groups excluding carboxylic acids is 1. The molecular formula is C34H41Cl7FN3O. The van der Waals surface area contributed by atoms with Crippen molar-refractivity contribution in [1.82, 2.24) is 14.7 Å². The summed E-state index contributed by atoms with van der Waals surface area (Å²) in [6.07, 6.45) is 9.49. The van der Waals surface area contributed by atoms with E-state index < -0.39 is 18.8 Å². The van der Waals surface area contributed by atoms with Crippen LogP contribution < -0.4 is 0 Å². The van der Waals surface area contributed by atoms with E-state index in [-0.39, 0.29) is 22.9 Å². The first-order valence-corrected chi connectivity index (χ1v) is 18.9. The summed E-state index contributed by atoms with van der Waals surface area (Å²) in [6, 6.07) is 10.7. The molecule has 3 aliphatic heterocycles. The van der Waals surface area contributed by atoms with Gasteiger partial charge in [-0.15, -0.1) is 0 Å². The highest BCUT2D eigenvalue weighted by atomic mass is 35.6. The van der Waals surface area contributed by atoms with Crippen LogP contribution >= 0.6 is 81.2 Å². The monoisotopic (exact) mass is 771 g/mol. The lowest BCUT2D eigenvalue weighted by atomic mass is 9.73. The molecule has 5 rings (SSSR count). The molecular weight excluding hydrogens is 734 g/mol. The lowest BCUT2D eigenvalue weighted by Gasteiger charge is -2.42. The Bertz CT molecular complexity index is 1330. The fourth-order valence-corrected chi connectivity index (χ4v) is 8.76. The Hall–Kier alpha value is -0.210. The molecule has 0 saturated carbocycles. The van der Waals surface area contributed by atoms with E-state index in [1.165, 1.54) is 38.4 Å². The number of halogens is 8. The molecule has 0 aliphatic carbocycles. The maximum absolute atomic E-state index is 14.7. The molecule has 12 heteroatoms. The fraction of sp³-hybridized carbons (Fsp3) is 0.618. The summed E-state index contributed by atoms with van der Waals surface area (Å²) < 4.78 is 11.1. The quantitative estimate of drug-likeness (QED) is 0.262. The third-order valence-electron chi connectivity index (χ3n) is 10.2. The summed E-state index contributed by atoms with van der Waals surface area (Å²) in [7, 11) is 0. The molecule has 3 heterocycles. The van der Waals surface area contributed by atoms with Crippen LogP contribution in [-0.2, 0) is 24.2 Å². The second-order valence-electron chi connectivity index (χ2n) is 13.1. The highest BCUT2D eigenvalue weighted by molar-refractivity contribution is 6.69. The number of rotatable bonds is 7. The van der Waals surface area contributed by atoms with Crippen molar-refractivity contribution < 1.29 is 9.18 Å². The predicted molar refractivity (Wildman–Crippen MR) is 192 cm³/mol. The minimum Gasteiger partial charge on any atom is -0.342 e. The van der Waals surface area contributed by atoms with Gasteiger partial charge in [0.15, 0.2) is 0 Å². The minimum atomic E-state index is -1.84. The van der Waals surface area contributed by atoms with E-state index >= 15 is 0 Å². The third kappa shape index (κ3) is 9.11. The van der Waals surface area contributed by atoms with E-state index in [1.807, 2.05) is 17.0 Å². The van der Waals surface area contributed by atoms with Crippen molar-refractivity contribution in [3.05, 3.63) is 69.5 Å². The maximum Gasteiger partial charge on any atom is 0.227 e. The largest absolute Gasteiger partial charge is 0.342 e. The van der Waals surface area contributed by atoms with Gasteiger partial charge in [-0.3, -0.25) is 4.79 Å². The molecule has 2 aromatic rings. The van der Waals surface area contributed by atoms with Gasteiger partial charge in [0.1, 0.15) is 5.82 Å². The number of hydrogen-bond acceptors (Lipinski definition) is 3. The van der Waals surface area contributed by atoms with Crippen LogP contribution in [0.25, 0.3) is 0 Å². The zero-order valence-electron chi connectivity index (χ0n) is 25.8. The Kier molecular flexibility index (Phi) is 12.7. The number of nitrogens with zero attached hydrogens (tertiary/aromatic N) is 3. The Morgan fingerprint density at radius 3 is 2.17 bits per heavy atom. The van der Waals surface area contributed by atoms with Crippen molar-refractivity contribution in [2.75, 3.05) is 45.8 Å². The number of alkyl halides is 6. The number of carbonyl (C=O) groups is 1. The van der Waals surface area contributed by atoms with E-state index in [1.54, 1.807) is 18.2 Å². The topological polar surface area (TPSA) is 26.8 Å². The molecule has 3 saturated heterocycles. The maximum atomic E-state index is 14.7. The molecule has 3 aliphatic rings. The number of amides is 1. The molecule has 0 radical (unpaired) electrons. The normalized spacial score (nSPS) is 23.0. The van der Waals surface area contributed by atoms with Crippen LogP contribution in [0.4, 0.5) is 4.39 Å². The van der Waals surface area contributed by atoms with E-state index in [4.69, 9.17) is 81.2 Å². The summed E-state index contributed by atoms with van der Waals surface area (Å²) in [4.78, 5) is 20.9. The molecule has 1 atom stereocenters. The van der Waals surface area contributed by atoms with Gasteiger partial charge in [0, 0.05) is 46.3 Å². The number of hydrogen-bond donors (Lipinski definition) is 0. The van der Waals surface area contributed by atoms with Gasteiger partial charge in [-0.2, -0.15) is 0 Å². The molecule has 0 spiro atoms. The lowest BCUT2D eigenvalue weighted by molar-refractivity contribution is -0.131. The molecule has 2 aromatic carbocycles. The predicted octanol–water partition coefficient (Wildman–Crippen LogP) is 9.97. The Morgan fingerprint density at radius 2 is 1.52 bits per heavy atom. The van der Waals surface area contributed by atoms with Gasteiger partial charge in [-0.05, 0) is 95.4 Å². The smallest absolute Gasteiger partial charge is 0.227 e. The molecule has 0 N–H and O–H groups in total. The van der Waals surface area contributed by atoms with E-state index in [0.29, 0.717) is 30.3 Å². The highest BCUT2D eigenvalue weighted by Gasteiger charge is 2.41. The average Bonchev–Trinajstić information content (AvgIpc) is 3.25. The third-order valence-corrected chi connectivity index (χ3v) is 11.8. The van der Waals surface area contributed by atoms with Crippen LogP contribution in [0.5, 0.6) is 0 Å². The SMILES string of the molecule is O=C(Cc1c(F)cccc1Cl)N1CCCC[C@](CCN2CCC(N3CCCCC3)CC2)(c2ccc(C(Cl)(Cl)Cl)c(C(Cl)(Cl)Cl)c2)C1. The number of benzene rings is 2. The van der Waals surface area contributed by atoms with Gasteiger partial charge in [-0.25, -0.2) is 4.39 Å².